The molecule has 1 N–H and O–H groups in total. The predicted octanol–water partition coefficient (Wildman–Crippen LogP) is 2.26. The Morgan fingerprint density at radius 2 is 1.95 bits per heavy atom. The van der Waals surface area contributed by atoms with Crippen LogP contribution < -0.4 is 15.6 Å². The van der Waals surface area contributed by atoms with E-state index in [4.69, 9.17) is 4.74 Å². The Morgan fingerprint density at radius 3 is 2.60 bits per heavy atom. The first-order chi connectivity index (χ1) is 9.58. The van der Waals surface area contributed by atoms with E-state index >= 15 is 0 Å². The van der Waals surface area contributed by atoms with Gasteiger partial charge < -0.3 is 14.6 Å². The molecule has 104 valence electrons. The number of methoxy groups -OCH3 is 1. The molecule has 0 fully saturated rings. The van der Waals surface area contributed by atoms with E-state index in [2.05, 4.69) is 21.2 Å². The number of hydrogen-bond acceptors (Lipinski definition) is 3. The molecule has 0 atom stereocenters. The molecule has 6 heteroatoms. The lowest BCUT2D eigenvalue weighted by Crippen LogP contribution is -2.26. The van der Waals surface area contributed by atoms with E-state index in [0.29, 0.717) is 11.4 Å². The molecular weight excluding hydrogens is 324 g/mol. The summed E-state index contributed by atoms with van der Waals surface area (Å²) >= 11 is 3.26. The maximum atomic E-state index is 11.9. The van der Waals surface area contributed by atoms with Crippen LogP contribution in [0.4, 0.5) is 5.69 Å². The average Bonchev–Trinajstić information content (AvgIpc) is 2.43. The van der Waals surface area contributed by atoms with Gasteiger partial charge in [-0.25, -0.2) is 0 Å². The molecule has 20 heavy (non-hydrogen) atoms. The molecule has 5 nitrogen and oxygen atoms in total. The molecule has 1 aromatic heterocycles. The number of pyridine rings is 1. The number of ether oxygens (including phenoxy) is 1. The summed E-state index contributed by atoms with van der Waals surface area (Å²) in [7, 11) is 1.58. The Bertz CT molecular complexity index is 665. The largest absolute Gasteiger partial charge is 0.497 e. The molecule has 0 unspecified atom stereocenters. The molecule has 0 spiro atoms. The number of aromatic nitrogens is 1. The highest BCUT2D eigenvalue weighted by molar-refractivity contribution is 9.10. The fourth-order valence-corrected chi connectivity index (χ4v) is 2.03. The number of nitrogens with zero attached hydrogens (tertiary/aromatic N) is 1. The third-order valence-electron chi connectivity index (χ3n) is 2.64. The summed E-state index contributed by atoms with van der Waals surface area (Å²) in [6, 6.07) is 10.0. The van der Waals surface area contributed by atoms with Crippen LogP contribution in [-0.2, 0) is 11.3 Å². The lowest BCUT2D eigenvalue weighted by molar-refractivity contribution is -0.116. The number of halogens is 1. The molecule has 0 aliphatic carbocycles. The van der Waals surface area contributed by atoms with E-state index in [-0.39, 0.29) is 18.0 Å². The first-order valence-corrected chi connectivity index (χ1v) is 6.67. The summed E-state index contributed by atoms with van der Waals surface area (Å²) in [6.07, 6.45) is 1.58. The number of nitrogens with one attached hydrogen (secondary N) is 1. The van der Waals surface area contributed by atoms with Gasteiger partial charge in [0.15, 0.2) is 0 Å². The van der Waals surface area contributed by atoms with Crippen LogP contribution >= 0.6 is 15.9 Å². The lowest BCUT2D eigenvalue weighted by Gasteiger charge is -2.08. The lowest BCUT2D eigenvalue weighted by atomic mass is 10.3. The number of amides is 1. The monoisotopic (exact) mass is 336 g/mol. The van der Waals surface area contributed by atoms with Gasteiger partial charge in [-0.15, -0.1) is 0 Å². The van der Waals surface area contributed by atoms with Crippen LogP contribution in [0.2, 0.25) is 0 Å². The molecule has 1 amide bonds. The fourth-order valence-electron chi connectivity index (χ4n) is 1.66. The van der Waals surface area contributed by atoms with Crippen LogP contribution in [0.3, 0.4) is 0 Å². The number of hydrogen-bond donors (Lipinski definition) is 1. The standard InChI is InChI=1S/C14H13BrN2O3/c1-20-12-5-3-11(4-6-12)16-13(18)9-17-8-10(15)2-7-14(17)19/h2-8H,9H2,1H3,(H,16,18). The fraction of sp³-hybridized carbons (Fsp3) is 0.143. The molecule has 1 heterocycles. The van der Waals surface area contributed by atoms with Crippen molar-refractivity contribution in [2.75, 3.05) is 12.4 Å². The Hall–Kier alpha value is -2.08. The predicted molar refractivity (Wildman–Crippen MR) is 80.0 cm³/mol. The summed E-state index contributed by atoms with van der Waals surface area (Å²) in [5.41, 5.74) is 0.428. The van der Waals surface area contributed by atoms with Gasteiger partial charge in [-0.3, -0.25) is 9.59 Å². The molecule has 0 saturated carbocycles. The number of carbonyl (C=O) groups excluding carboxylic acids is 1. The quantitative estimate of drug-likeness (QED) is 0.931. The van der Waals surface area contributed by atoms with Gasteiger partial charge >= 0.3 is 0 Å². The molecule has 2 aromatic rings. The highest BCUT2D eigenvalue weighted by Crippen LogP contribution is 2.15. The first kappa shape index (κ1) is 14.3. The number of anilines is 1. The van der Waals surface area contributed by atoms with Crippen LogP contribution in [0.15, 0.2) is 51.9 Å². The minimum absolute atomic E-state index is 0.0374. The Balaban J connectivity index is 2.04. The van der Waals surface area contributed by atoms with Crippen molar-refractivity contribution in [2.45, 2.75) is 6.54 Å². The second-order valence-electron chi connectivity index (χ2n) is 4.09. The summed E-state index contributed by atoms with van der Waals surface area (Å²) < 4.78 is 7.12. The second kappa shape index (κ2) is 6.38. The van der Waals surface area contributed by atoms with Gasteiger partial charge in [-0.05, 0) is 46.3 Å². The van der Waals surface area contributed by atoms with Crippen LogP contribution in [0.25, 0.3) is 0 Å². The van der Waals surface area contributed by atoms with Crippen LogP contribution in [0.1, 0.15) is 0 Å². The zero-order chi connectivity index (χ0) is 14.5. The van der Waals surface area contributed by atoms with Crippen molar-refractivity contribution in [3.05, 3.63) is 57.4 Å². The third kappa shape index (κ3) is 3.71. The SMILES string of the molecule is COc1ccc(NC(=O)Cn2cc(Br)ccc2=O)cc1. The Labute approximate surface area is 124 Å². The van der Waals surface area contributed by atoms with Crippen molar-refractivity contribution in [1.29, 1.82) is 0 Å². The van der Waals surface area contributed by atoms with Gasteiger partial charge in [0.05, 0.1) is 7.11 Å². The third-order valence-corrected chi connectivity index (χ3v) is 3.10. The van der Waals surface area contributed by atoms with Crippen LogP contribution in [0.5, 0.6) is 5.75 Å². The smallest absolute Gasteiger partial charge is 0.251 e. The van der Waals surface area contributed by atoms with Crippen molar-refractivity contribution in [3.63, 3.8) is 0 Å². The van der Waals surface area contributed by atoms with E-state index in [1.165, 1.54) is 10.6 Å². The maximum absolute atomic E-state index is 11.9. The van der Waals surface area contributed by atoms with E-state index in [9.17, 15) is 9.59 Å². The first-order valence-electron chi connectivity index (χ1n) is 5.88. The number of benzene rings is 1. The minimum atomic E-state index is -0.268. The van der Waals surface area contributed by atoms with Crippen LogP contribution in [0, 0.1) is 0 Å². The van der Waals surface area contributed by atoms with Gasteiger partial charge in [0.1, 0.15) is 12.3 Å². The van der Waals surface area contributed by atoms with E-state index in [0.717, 1.165) is 4.47 Å². The van der Waals surface area contributed by atoms with Crippen LogP contribution in [-0.4, -0.2) is 17.6 Å². The van der Waals surface area contributed by atoms with Crippen molar-refractivity contribution in [1.82, 2.24) is 4.57 Å². The minimum Gasteiger partial charge on any atom is -0.497 e. The molecule has 0 bridgehead atoms. The van der Waals surface area contributed by atoms with Crippen molar-refractivity contribution in [3.8, 4) is 5.75 Å². The Morgan fingerprint density at radius 1 is 1.25 bits per heavy atom. The Kier molecular flexibility index (Phi) is 4.57. The second-order valence-corrected chi connectivity index (χ2v) is 5.01. The number of rotatable bonds is 4. The molecule has 2 rings (SSSR count). The summed E-state index contributed by atoms with van der Waals surface area (Å²) in [5, 5.41) is 2.72. The molecule has 0 radical (unpaired) electrons. The van der Waals surface area contributed by atoms with Gasteiger partial charge in [-0.2, -0.15) is 0 Å². The summed E-state index contributed by atoms with van der Waals surface area (Å²) in [4.78, 5) is 23.5. The summed E-state index contributed by atoms with van der Waals surface area (Å²) in [6.45, 7) is -0.0374. The normalized spacial score (nSPS) is 10.1. The van der Waals surface area contributed by atoms with Crippen molar-refractivity contribution in [2.24, 2.45) is 0 Å². The maximum Gasteiger partial charge on any atom is 0.251 e. The average molecular weight is 337 g/mol. The van der Waals surface area contributed by atoms with Gasteiger partial charge in [0.25, 0.3) is 5.56 Å². The highest BCUT2D eigenvalue weighted by Gasteiger charge is 2.05. The molecule has 0 aliphatic rings. The highest BCUT2D eigenvalue weighted by atomic mass is 79.9. The number of carbonyl (C=O) groups is 1. The zero-order valence-electron chi connectivity index (χ0n) is 10.8. The summed E-state index contributed by atoms with van der Waals surface area (Å²) in [5.74, 6) is 0.446. The van der Waals surface area contributed by atoms with E-state index < -0.39 is 0 Å². The van der Waals surface area contributed by atoms with Crippen molar-refractivity contribution < 1.29 is 9.53 Å². The van der Waals surface area contributed by atoms with E-state index in [1.807, 2.05) is 0 Å². The van der Waals surface area contributed by atoms with Gasteiger partial charge in [0, 0.05) is 22.4 Å². The molecular formula is C14H13BrN2O3. The van der Waals surface area contributed by atoms with E-state index in [1.54, 1.807) is 43.6 Å². The van der Waals surface area contributed by atoms with Crippen molar-refractivity contribution >= 4 is 27.5 Å². The van der Waals surface area contributed by atoms with Gasteiger partial charge in [-0.1, -0.05) is 0 Å². The van der Waals surface area contributed by atoms with Gasteiger partial charge in [0.2, 0.25) is 5.91 Å². The zero-order valence-corrected chi connectivity index (χ0v) is 12.4. The molecule has 1 aromatic carbocycles. The molecule has 0 aliphatic heterocycles. The topological polar surface area (TPSA) is 60.3 Å². The molecule has 0 saturated heterocycles.